The van der Waals surface area contributed by atoms with E-state index in [1.165, 1.54) is 11.8 Å². The van der Waals surface area contributed by atoms with Crippen LogP contribution in [0.1, 0.15) is 18.1 Å². The lowest BCUT2D eigenvalue weighted by atomic mass is 10.2. The number of hydrogen-bond donors (Lipinski definition) is 1. The molecule has 1 heterocycles. The molecule has 0 aliphatic carbocycles. The molecule has 1 aliphatic heterocycles. The van der Waals surface area contributed by atoms with Crippen LogP contribution in [0.3, 0.4) is 0 Å². The zero-order valence-corrected chi connectivity index (χ0v) is 16.5. The van der Waals surface area contributed by atoms with Gasteiger partial charge in [-0.25, -0.2) is 4.99 Å². The van der Waals surface area contributed by atoms with Crippen molar-refractivity contribution in [3.63, 3.8) is 0 Å². The Kier molecular flexibility index (Phi) is 5.61. The topological polar surface area (TPSA) is 52.9 Å². The summed E-state index contributed by atoms with van der Waals surface area (Å²) in [6.07, 6.45) is 1.68. The van der Waals surface area contributed by atoms with E-state index in [1.54, 1.807) is 41.3 Å². The van der Waals surface area contributed by atoms with Gasteiger partial charge in [-0.1, -0.05) is 35.3 Å². The number of amides is 1. The fraction of sp³-hybridized carbons (Fsp3) is 0.158. The average Bonchev–Trinajstić information content (AvgIpc) is 2.88. The number of halogens is 2. The number of phenols is 1. The Hall–Kier alpha value is -1.95. The molecule has 1 aliphatic rings. The van der Waals surface area contributed by atoms with Gasteiger partial charge in [0.15, 0.2) is 5.17 Å². The van der Waals surface area contributed by atoms with Crippen molar-refractivity contribution >= 4 is 57.8 Å². The van der Waals surface area contributed by atoms with Crippen LogP contribution in [0.25, 0.3) is 6.08 Å². The Morgan fingerprint density at radius 2 is 1.92 bits per heavy atom. The molecule has 0 aromatic heterocycles. The highest BCUT2D eigenvalue weighted by Crippen LogP contribution is 2.38. The zero-order valence-electron chi connectivity index (χ0n) is 14.2. The lowest BCUT2D eigenvalue weighted by Gasteiger charge is -2.12. The smallest absolute Gasteiger partial charge is 0.266 e. The Balaban J connectivity index is 2.01. The van der Waals surface area contributed by atoms with Crippen LogP contribution in [0, 0.1) is 6.92 Å². The molecule has 26 heavy (non-hydrogen) atoms. The van der Waals surface area contributed by atoms with Crippen LogP contribution in [0.4, 0.5) is 5.69 Å². The number of benzene rings is 2. The molecule has 7 heteroatoms. The highest BCUT2D eigenvalue weighted by molar-refractivity contribution is 8.18. The highest BCUT2D eigenvalue weighted by atomic mass is 35.5. The van der Waals surface area contributed by atoms with Crippen molar-refractivity contribution in [1.29, 1.82) is 0 Å². The third-order valence-corrected chi connectivity index (χ3v) is 5.49. The van der Waals surface area contributed by atoms with Gasteiger partial charge in [0.1, 0.15) is 11.4 Å². The van der Waals surface area contributed by atoms with Gasteiger partial charge in [-0.05, 0) is 61.5 Å². The van der Waals surface area contributed by atoms with Gasteiger partial charge >= 0.3 is 0 Å². The van der Waals surface area contributed by atoms with Crippen LogP contribution in [-0.2, 0) is 4.79 Å². The second-order valence-electron chi connectivity index (χ2n) is 5.68. The van der Waals surface area contributed by atoms with Gasteiger partial charge in [-0.15, -0.1) is 0 Å². The van der Waals surface area contributed by atoms with Crippen LogP contribution in [0.2, 0.25) is 10.0 Å². The lowest BCUT2D eigenvalue weighted by molar-refractivity contribution is -0.122. The Bertz CT molecular complexity index is 921. The summed E-state index contributed by atoms with van der Waals surface area (Å²) in [7, 11) is 0. The molecule has 0 radical (unpaired) electrons. The van der Waals surface area contributed by atoms with Crippen LogP contribution < -0.4 is 0 Å². The van der Waals surface area contributed by atoms with E-state index in [9.17, 15) is 9.90 Å². The number of aromatic hydroxyl groups is 1. The fourth-order valence-electron chi connectivity index (χ4n) is 2.48. The lowest BCUT2D eigenvalue weighted by Crippen LogP contribution is -2.28. The number of hydrogen-bond acceptors (Lipinski definition) is 4. The Labute approximate surface area is 166 Å². The van der Waals surface area contributed by atoms with Crippen molar-refractivity contribution in [2.75, 3.05) is 6.54 Å². The number of carbonyl (C=O) groups is 1. The molecule has 0 spiro atoms. The first-order valence-electron chi connectivity index (χ1n) is 7.94. The number of carbonyl (C=O) groups excluding carboxylic acids is 1. The molecule has 2 aromatic carbocycles. The average molecular weight is 407 g/mol. The monoisotopic (exact) mass is 406 g/mol. The van der Waals surface area contributed by atoms with Crippen LogP contribution in [0.5, 0.6) is 5.75 Å². The largest absolute Gasteiger partial charge is 0.506 e. The van der Waals surface area contributed by atoms with E-state index in [1.807, 2.05) is 19.9 Å². The molecule has 1 fully saturated rings. The minimum absolute atomic E-state index is 0.0770. The molecule has 0 unspecified atom stereocenters. The van der Waals surface area contributed by atoms with Gasteiger partial charge in [0.25, 0.3) is 5.91 Å². The third kappa shape index (κ3) is 3.75. The number of rotatable bonds is 3. The normalized spacial score (nSPS) is 17.5. The maximum absolute atomic E-state index is 12.7. The van der Waals surface area contributed by atoms with Crippen molar-refractivity contribution < 1.29 is 9.90 Å². The summed E-state index contributed by atoms with van der Waals surface area (Å²) in [4.78, 5) is 19.2. The summed E-state index contributed by atoms with van der Waals surface area (Å²) in [5.41, 5.74) is 1.95. The molecule has 1 saturated heterocycles. The van der Waals surface area contributed by atoms with Crippen molar-refractivity contribution in [2.24, 2.45) is 4.99 Å². The molecular formula is C19H16Cl2N2O2S. The molecular weight excluding hydrogens is 391 g/mol. The second-order valence-corrected chi connectivity index (χ2v) is 7.51. The highest BCUT2D eigenvalue weighted by Gasteiger charge is 2.32. The molecule has 1 amide bonds. The van der Waals surface area contributed by atoms with Crippen LogP contribution in [-0.4, -0.2) is 27.6 Å². The maximum atomic E-state index is 12.7. The SMILES string of the molecule is CCN1C(=O)/C(=C/c2c(Cl)cccc2Cl)SC1=Nc1ccc(C)cc1O. The van der Waals surface area contributed by atoms with E-state index in [4.69, 9.17) is 23.2 Å². The number of aliphatic imine (C=N–C) groups is 1. The quantitative estimate of drug-likeness (QED) is 0.671. The summed E-state index contributed by atoms with van der Waals surface area (Å²) in [6, 6.07) is 10.4. The molecule has 3 rings (SSSR count). The summed E-state index contributed by atoms with van der Waals surface area (Å²) >= 11 is 13.6. The summed E-state index contributed by atoms with van der Waals surface area (Å²) in [6.45, 7) is 4.22. The maximum Gasteiger partial charge on any atom is 0.266 e. The minimum atomic E-state index is -0.168. The number of amidine groups is 1. The standard InChI is InChI=1S/C19H16Cl2N2O2S/c1-3-23-18(25)17(10-12-13(20)5-4-6-14(12)21)26-19(23)22-15-8-7-11(2)9-16(15)24/h4-10,24H,3H2,1-2H3/b17-10-,22-19?. The third-order valence-electron chi connectivity index (χ3n) is 3.83. The first-order chi connectivity index (χ1) is 12.4. The predicted octanol–water partition coefficient (Wildman–Crippen LogP) is 5.63. The van der Waals surface area contributed by atoms with E-state index in [-0.39, 0.29) is 11.7 Å². The first-order valence-corrected chi connectivity index (χ1v) is 9.51. The summed E-state index contributed by atoms with van der Waals surface area (Å²) < 4.78 is 0. The number of likely N-dealkylation sites (N-methyl/N-ethyl adjacent to an activating group) is 1. The molecule has 2 aromatic rings. The molecule has 4 nitrogen and oxygen atoms in total. The number of aryl methyl sites for hydroxylation is 1. The van der Waals surface area contributed by atoms with Gasteiger partial charge in [0.05, 0.1) is 4.91 Å². The van der Waals surface area contributed by atoms with E-state index in [0.717, 1.165) is 5.56 Å². The fourth-order valence-corrected chi connectivity index (χ4v) is 4.02. The summed E-state index contributed by atoms with van der Waals surface area (Å²) in [5, 5.41) is 11.5. The van der Waals surface area contributed by atoms with Crippen molar-refractivity contribution in [1.82, 2.24) is 4.90 Å². The molecule has 0 bridgehead atoms. The van der Waals surface area contributed by atoms with E-state index in [2.05, 4.69) is 4.99 Å². The van der Waals surface area contributed by atoms with Gasteiger partial charge < -0.3 is 5.11 Å². The van der Waals surface area contributed by atoms with Gasteiger partial charge in [0.2, 0.25) is 0 Å². The summed E-state index contributed by atoms with van der Waals surface area (Å²) in [5.74, 6) is -0.0907. The van der Waals surface area contributed by atoms with Crippen LogP contribution in [0.15, 0.2) is 46.3 Å². The Morgan fingerprint density at radius 1 is 1.23 bits per heavy atom. The van der Waals surface area contributed by atoms with Gasteiger partial charge in [0, 0.05) is 22.2 Å². The predicted molar refractivity (Wildman–Crippen MR) is 109 cm³/mol. The van der Waals surface area contributed by atoms with Crippen molar-refractivity contribution in [3.8, 4) is 5.75 Å². The van der Waals surface area contributed by atoms with E-state index in [0.29, 0.717) is 37.9 Å². The molecule has 0 saturated carbocycles. The molecule has 0 atom stereocenters. The number of thioether (sulfide) groups is 1. The van der Waals surface area contributed by atoms with Crippen LogP contribution >= 0.6 is 35.0 Å². The minimum Gasteiger partial charge on any atom is -0.506 e. The van der Waals surface area contributed by atoms with Gasteiger partial charge in [-0.3, -0.25) is 9.69 Å². The van der Waals surface area contributed by atoms with Crippen molar-refractivity contribution in [3.05, 3.63) is 62.5 Å². The zero-order chi connectivity index (χ0) is 18.8. The Morgan fingerprint density at radius 3 is 2.54 bits per heavy atom. The van der Waals surface area contributed by atoms with Crippen molar-refractivity contribution in [2.45, 2.75) is 13.8 Å². The number of phenolic OH excluding ortho intramolecular Hbond substituents is 1. The molecule has 134 valence electrons. The van der Waals surface area contributed by atoms with E-state index < -0.39 is 0 Å². The second kappa shape index (κ2) is 7.74. The van der Waals surface area contributed by atoms with Gasteiger partial charge in [-0.2, -0.15) is 0 Å². The molecule has 1 N–H and O–H groups in total. The first kappa shape index (κ1) is 18.8. The number of nitrogens with zero attached hydrogens (tertiary/aromatic N) is 2. The van der Waals surface area contributed by atoms with E-state index >= 15 is 0 Å².